The molecule has 16 heavy (non-hydrogen) atoms. The Morgan fingerprint density at radius 3 is 3.06 bits per heavy atom. The summed E-state index contributed by atoms with van der Waals surface area (Å²) in [6.07, 6.45) is 6.53. The third-order valence-corrected chi connectivity index (χ3v) is 3.54. The summed E-state index contributed by atoms with van der Waals surface area (Å²) in [6, 6.07) is 0. The number of ether oxygens (including phenoxy) is 1. The minimum Gasteiger partial charge on any atom is -0.360 e. The number of hydrogen-bond acceptors (Lipinski definition) is 4. The van der Waals surface area contributed by atoms with Gasteiger partial charge in [-0.05, 0) is 19.3 Å². The Labute approximate surface area is 96.6 Å². The highest BCUT2D eigenvalue weighted by molar-refractivity contribution is 5.87. The Bertz CT molecular complexity index is 303. The second-order valence-electron chi connectivity index (χ2n) is 5.11. The van der Waals surface area contributed by atoms with Crippen LogP contribution in [0.2, 0.25) is 0 Å². The molecule has 1 saturated carbocycles. The van der Waals surface area contributed by atoms with Crippen molar-refractivity contribution in [3.05, 3.63) is 0 Å². The summed E-state index contributed by atoms with van der Waals surface area (Å²) < 4.78 is 5.34. The van der Waals surface area contributed by atoms with Crippen molar-refractivity contribution in [1.29, 1.82) is 0 Å². The molecule has 0 unspecified atom stereocenters. The Morgan fingerprint density at radius 1 is 1.62 bits per heavy atom. The first-order valence-electron chi connectivity index (χ1n) is 5.99. The molecule has 2 fully saturated rings. The summed E-state index contributed by atoms with van der Waals surface area (Å²) in [4.78, 5) is 11.3. The molecule has 0 aromatic heterocycles. The van der Waals surface area contributed by atoms with Crippen LogP contribution < -0.4 is 0 Å². The van der Waals surface area contributed by atoms with Crippen LogP contribution in [0.3, 0.4) is 0 Å². The van der Waals surface area contributed by atoms with E-state index in [9.17, 15) is 4.79 Å². The van der Waals surface area contributed by atoms with Gasteiger partial charge in [-0.2, -0.15) is 5.10 Å². The normalized spacial score (nSPS) is 35.5. The van der Waals surface area contributed by atoms with Crippen LogP contribution in [-0.2, 0) is 9.53 Å². The van der Waals surface area contributed by atoms with Gasteiger partial charge in [-0.1, -0.05) is 6.92 Å². The fraction of sp³-hybridized carbons (Fsp3) is 0.833. The summed E-state index contributed by atoms with van der Waals surface area (Å²) in [6.45, 7) is 3.07. The maximum absolute atomic E-state index is 11.3. The van der Waals surface area contributed by atoms with Crippen LogP contribution in [-0.4, -0.2) is 36.9 Å². The zero-order valence-electron chi connectivity index (χ0n) is 10.1. The third kappa shape index (κ3) is 2.43. The maximum atomic E-state index is 11.3. The second kappa shape index (κ2) is 4.53. The summed E-state index contributed by atoms with van der Waals surface area (Å²) in [5.74, 6) is 0.360. The lowest BCUT2D eigenvalue weighted by Crippen LogP contribution is -2.27. The molecule has 2 atom stereocenters. The van der Waals surface area contributed by atoms with Gasteiger partial charge in [0, 0.05) is 38.1 Å². The highest BCUT2D eigenvalue weighted by atomic mass is 16.5. The van der Waals surface area contributed by atoms with Gasteiger partial charge in [0.1, 0.15) is 12.0 Å². The van der Waals surface area contributed by atoms with Gasteiger partial charge in [0.15, 0.2) is 0 Å². The van der Waals surface area contributed by atoms with E-state index in [0.717, 1.165) is 25.8 Å². The van der Waals surface area contributed by atoms with Crippen LogP contribution >= 0.6 is 0 Å². The van der Waals surface area contributed by atoms with E-state index in [1.54, 1.807) is 7.11 Å². The predicted molar refractivity (Wildman–Crippen MR) is 62.2 cm³/mol. The van der Waals surface area contributed by atoms with Gasteiger partial charge in [0.25, 0.3) is 0 Å². The number of hydrogen-bond donors (Lipinski definition) is 0. The van der Waals surface area contributed by atoms with Crippen molar-refractivity contribution in [1.82, 2.24) is 5.01 Å². The SMILES string of the molecule is CO[C@@H]1CCCN1/N=C/[C@]1(C)CCC(=O)C1. The lowest BCUT2D eigenvalue weighted by Gasteiger charge is -2.22. The summed E-state index contributed by atoms with van der Waals surface area (Å²) >= 11 is 0. The number of rotatable bonds is 3. The fourth-order valence-electron chi connectivity index (χ4n) is 2.47. The van der Waals surface area contributed by atoms with Crippen LogP contribution in [0.4, 0.5) is 0 Å². The van der Waals surface area contributed by atoms with Crippen molar-refractivity contribution in [2.24, 2.45) is 10.5 Å². The number of hydrazone groups is 1. The van der Waals surface area contributed by atoms with Crippen LogP contribution in [0.1, 0.15) is 39.0 Å². The van der Waals surface area contributed by atoms with Gasteiger partial charge in [-0.15, -0.1) is 0 Å². The van der Waals surface area contributed by atoms with Crippen molar-refractivity contribution in [2.45, 2.75) is 45.3 Å². The molecule has 0 N–H and O–H groups in total. The molecule has 1 heterocycles. The average molecular weight is 224 g/mol. The number of nitrogens with zero attached hydrogens (tertiary/aromatic N) is 2. The van der Waals surface area contributed by atoms with Crippen LogP contribution in [0.25, 0.3) is 0 Å². The van der Waals surface area contributed by atoms with E-state index in [0.29, 0.717) is 18.6 Å². The van der Waals surface area contributed by atoms with E-state index in [1.165, 1.54) is 0 Å². The van der Waals surface area contributed by atoms with Gasteiger partial charge in [-0.3, -0.25) is 9.80 Å². The molecule has 2 rings (SSSR count). The molecule has 1 saturated heterocycles. The van der Waals surface area contributed by atoms with Crippen molar-refractivity contribution in [3.63, 3.8) is 0 Å². The molecular weight excluding hydrogens is 204 g/mol. The molecule has 0 spiro atoms. The zero-order valence-corrected chi connectivity index (χ0v) is 10.1. The third-order valence-electron chi connectivity index (χ3n) is 3.54. The van der Waals surface area contributed by atoms with Crippen LogP contribution in [0.5, 0.6) is 0 Å². The molecule has 4 heteroatoms. The quantitative estimate of drug-likeness (QED) is 0.686. The Hall–Kier alpha value is -0.900. The minimum absolute atomic E-state index is 0.0298. The lowest BCUT2D eigenvalue weighted by atomic mass is 9.91. The first-order valence-corrected chi connectivity index (χ1v) is 5.99. The first-order chi connectivity index (χ1) is 7.63. The number of ketones is 1. The van der Waals surface area contributed by atoms with E-state index >= 15 is 0 Å². The number of carbonyl (C=O) groups excluding carboxylic acids is 1. The Kier molecular flexibility index (Phi) is 3.28. The molecule has 2 aliphatic rings. The van der Waals surface area contributed by atoms with E-state index in [1.807, 2.05) is 11.2 Å². The molecule has 0 radical (unpaired) electrons. The summed E-state index contributed by atoms with van der Waals surface area (Å²) in [5.41, 5.74) is -0.0298. The molecule has 90 valence electrons. The van der Waals surface area contributed by atoms with E-state index in [4.69, 9.17) is 4.74 Å². The molecule has 1 aliphatic carbocycles. The topological polar surface area (TPSA) is 41.9 Å². The van der Waals surface area contributed by atoms with Gasteiger partial charge >= 0.3 is 0 Å². The number of carbonyl (C=O) groups is 1. The van der Waals surface area contributed by atoms with Crippen LogP contribution in [0, 0.1) is 5.41 Å². The Balaban J connectivity index is 1.95. The first kappa shape index (κ1) is 11.6. The Morgan fingerprint density at radius 2 is 2.44 bits per heavy atom. The average Bonchev–Trinajstić information content (AvgIpc) is 2.83. The fourth-order valence-corrected chi connectivity index (χ4v) is 2.47. The van der Waals surface area contributed by atoms with Gasteiger partial charge in [0.2, 0.25) is 0 Å². The van der Waals surface area contributed by atoms with Crippen molar-refractivity contribution in [2.75, 3.05) is 13.7 Å². The monoisotopic (exact) mass is 224 g/mol. The molecule has 1 aliphatic heterocycles. The molecule has 0 aromatic rings. The second-order valence-corrected chi connectivity index (χ2v) is 5.11. The number of methoxy groups -OCH3 is 1. The zero-order chi connectivity index (χ0) is 11.6. The van der Waals surface area contributed by atoms with E-state index < -0.39 is 0 Å². The van der Waals surface area contributed by atoms with Gasteiger partial charge in [0.05, 0.1) is 0 Å². The molecule has 4 nitrogen and oxygen atoms in total. The van der Waals surface area contributed by atoms with E-state index in [-0.39, 0.29) is 11.6 Å². The maximum Gasteiger partial charge on any atom is 0.145 e. The van der Waals surface area contributed by atoms with Crippen molar-refractivity contribution < 1.29 is 9.53 Å². The summed E-state index contributed by atoms with van der Waals surface area (Å²) in [5, 5.41) is 6.49. The highest BCUT2D eigenvalue weighted by Gasteiger charge is 2.33. The smallest absolute Gasteiger partial charge is 0.145 e. The minimum atomic E-state index is -0.0298. The molecule has 0 bridgehead atoms. The predicted octanol–water partition coefficient (Wildman–Crippen LogP) is 1.80. The summed E-state index contributed by atoms with van der Waals surface area (Å²) in [7, 11) is 1.72. The largest absolute Gasteiger partial charge is 0.360 e. The standard InChI is InChI=1S/C12H20N2O2/c1-12(6-5-10(15)8-12)9-13-14-7-3-4-11(14)16-2/h9,11H,3-8H2,1-2H3/b13-9+/t11-,12-/m1/s1. The molecular formula is C12H20N2O2. The molecule has 0 aromatic carbocycles. The van der Waals surface area contributed by atoms with E-state index in [2.05, 4.69) is 12.0 Å². The molecule has 0 amide bonds. The lowest BCUT2D eigenvalue weighted by molar-refractivity contribution is -0.117. The van der Waals surface area contributed by atoms with Crippen molar-refractivity contribution >= 4 is 12.0 Å². The van der Waals surface area contributed by atoms with Gasteiger partial charge < -0.3 is 4.74 Å². The number of Topliss-reactive ketones (excluding diaryl/α,β-unsaturated/α-hetero) is 1. The van der Waals surface area contributed by atoms with Crippen LogP contribution in [0.15, 0.2) is 5.10 Å². The van der Waals surface area contributed by atoms with Gasteiger partial charge in [-0.25, -0.2) is 0 Å². The highest BCUT2D eigenvalue weighted by Crippen LogP contribution is 2.33. The van der Waals surface area contributed by atoms with Crippen molar-refractivity contribution in [3.8, 4) is 0 Å².